The molecule has 2 aromatic heterocycles. The minimum absolute atomic E-state index is 0.158. The Morgan fingerprint density at radius 1 is 0.960 bits per heavy atom. The van der Waals surface area contributed by atoms with E-state index in [4.69, 9.17) is 0 Å². The Hall–Kier alpha value is -3.05. The predicted octanol–water partition coefficient (Wildman–Crippen LogP) is 4.17. The van der Waals surface area contributed by atoms with E-state index in [1.54, 1.807) is 17.4 Å². The minimum Gasteiger partial charge on any atom is -0.346 e. The smallest absolute Gasteiger partial charge is 0.244 e. The second-order valence-corrected chi connectivity index (χ2v) is 6.67. The molecule has 25 heavy (non-hydrogen) atoms. The highest BCUT2D eigenvalue weighted by Gasteiger charge is 2.04. The van der Waals surface area contributed by atoms with Crippen LogP contribution in [-0.4, -0.2) is 15.9 Å². The van der Waals surface area contributed by atoms with Crippen molar-refractivity contribution in [1.29, 1.82) is 0 Å². The van der Waals surface area contributed by atoms with Crippen molar-refractivity contribution in [2.45, 2.75) is 6.54 Å². The Balaban J connectivity index is 1.41. The number of aromatic nitrogens is 2. The summed E-state index contributed by atoms with van der Waals surface area (Å²) >= 11 is 1.59. The molecule has 2 aromatic carbocycles. The molecule has 0 spiro atoms. The van der Waals surface area contributed by atoms with Gasteiger partial charge in [-0.05, 0) is 30.3 Å². The molecule has 0 saturated heterocycles. The van der Waals surface area contributed by atoms with E-state index in [9.17, 15) is 4.79 Å². The highest BCUT2D eigenvalue weighted by molar-refractivity contribution is 7.18. The second-order valence-electron chi connectivity index (χ2n) is 5.56. The summed E-state index contributed by atoms with van der Waals surface area (Å²) in [5, 5.41) is 4.84. The summed E-state index contributed by atoms with van der Waals surface area (Å²) in [7, 11) is 0. The van der Waals surface area contributed by atoms with Gasteiger partial charge in [0, 0.05) is 11.5 Å². The Bertz CT molecular complexity index is 1050. The standard InChI is InChI=1S/C20H15N3OS/c24-19(21-13-20-23-17-7-3-4-8-18(17)25-20)12-11-15-10-9-14-5-1-2-6-16(14)22-15/h1-12H,13H2,(H,21,24). The first-order valence-electron chi connectivity index (χ1n) is 7.94. The van der Waals surface area contributed by atoms with Gasteiger partial charge in [0.2, 0.25) is 5.91 Å². The lowest BCUT2D eigenvalue weighted by Crippen LogP contribution is -2.20. The van der Waals surface area contributed by atoms with E-state index in [1.807, 2.05) is 60.7 Å². The molecular weight excluding hydrogens is 330 g/mol. The zero-order valence-corrected chi connectivity index (χ0v) is 14.2. The van der Waals surface area contributed by atoms with Gasteiger partial charge in [-0.2, -0.15) is 0 Å². The first-order valence-corrected chi connectivity index (χ1v) is 8.76. The lowest BCUT2D eigenvalue weighted by molar-refractivity contribution is -0.116. The normalized spacial score (nSPS) is 11.4. The summed E-state index contributed by atoms with van der Waals surface area (Å²) in [5.41, 5.74) is 2.64. The molecule has 5 heteroatoms. The number of amides is 1. The van der Waals surface area contributed by atoms with Crippen molar-refractivity contribution in [2.24, 2.45) is 0 Å². The van der Waals surface area contributed by atoms with Crippen molar-refractivity contribution in [3.05, 3.63) is 77.4 Å². The average molecular weight is 345 g/mol. The van der Waals surface area contributed by atoms with Gasteiger partial charge in [-0.25, -0.2) is 9.97 Å². The Labute approximate surface area is 148 Å². The number of benzene rings is 2. The fourth-order valence-electron chi connectivity index (χ4n) is 2.55. The number of hydrogen-bond acceptors (Lipinski definition) is 4. The molecule has 0 bridgehead atoms. The molecule has 0 fully saturated rings. The summed E-state index contributed by atoms with van der Waals surface area (Å²) in [6.07, 6.45) is 3.23. The highest BCUT2D eigenvalue weighted by atomic mass is 32.1. The second kappa shape index (κ2) is 6.83. The van der Waals surface area contributed by atoms with Crippen molar-refractivity contribution in [3.8, 4) is 0 Å². The van der Waals surface area contributed by atoms with Crippen LogP contribution in [0.25, 0.3) is 27.2 Å². The molecule has 122 valence electrons. The zero-order chi connectivity index (χ0) is 17.1. The number of para-hydroxylation sites is 2. The first-order chi connectivity index (χ1) is 12.3. The van der Waals surface area contributed by atoms with Gasteiger partial charge in [-0.15, -0.1) is 11.3 Å². The molecule has 2 heterocycles. The number of carbonyl (C=O) groups is 1. The molecule has 0 aliphatic rings. The van der Waals surface area contributed by atoms with Crippen LogP contribution in [0.2, 0.25) is 0 Å². The average Bonchev–Trinajstić information content (AvgIpc) is 3.07. The van der Waals surface area contributed by atoms with Crippen molar-refractivity contribution in [3.63, 3.8) is 0 Å². The Morgan fingerprint density at radius 3 is 2.64 bits per heavy atom. The molecule has 0 atom stereocenters. The number of rotatable bonds is 4. The summed E-state index contributed by atoms with van der Waals surface area (Å²) < 4.78 is 1.13. The van der Waals surface area contributed by atoms with Crippen molar-refractivity contribution >= 4 is 44.4 Å². The minimum atomic E-state index is -0.158. The molecule has 4 aromatic rings. The predicted molar refractivity (Wildman–Crippen MR) is 102 cm³/mol. The number of nitrogens with zero attached hydrogens (tertiary/aromatic N) is 2. The molecule has 0 aliphatic carbocycles. The van der Waals surface area contributed by atoms with E-state index in [0.29, 0.717) is 6.54 Å². The molecule has 4 rings (SSSR count). The van der Waals surface area contributed by atoms with Crippen LogP contribution in [0.4, 0.5) is 0 Å². The molecule has 1 N–H and O–H groups in total. The quantitative estimate of drug-likeness (QED) is 0.565. The number of pyridine rings is 1. The molecule has 0 radical (unpaired) electrons. The first kappa shape index (κ1) is 15.5. The van der Waals surface area contributed by atoms with Gasteiger partial charge in [0.1, 0.15) is 5.01 Å². The number of thiazole rings is 1. The van der Waals surface area contributed by atoms with Crippen LogP contribution in [0.3, 0.4) is 0 Å². The maximum Gasteiger partial charge on any atom is 0.244 e. The summed E-state index contributed by atoms with van der Waals surface area (Å²) in [4.78, 5) is 21.0. The fourth-order valence-corrected chi connectivity index (χ4v) is 3.46. The zero-order valence-electron chi connectivity index (χ0n) is 13.3. The van der Waals surface area contributed by atoms with Gasteiger partial charge >= 0.3 is 0 Å². The fraction of sp³-hybridized carbons (Fsp3) is 0.0500. The lowest BCUT2D eigenvalue weighted by atomic mass is 10.2. The molecular formula is C20H15N3OS. The number of fused-ring (bicyclic) bond motifs is 2. The largest absolute Gasteiger partial charge is 0.346 e. The van der Waals surface area contributed by atoms with Crippen molar-refractivity contribution < 1.29 is 4.79 Å². The molecule has 0 saturated carbocycles. The van der Waals surface area contributed by atoms with E-state index in [1.165, 1.54) is 6.08 Å². The van der Waals surface area contributed by atoms with E-state index in [-0.39, 0.29) is 5.91 Å². The van der Waals surface area contributed by atoms with Crippen molar-refractivity contribution in [2.75, 3.05) is 0 Å². The third-order valence-corrected chi connectivity index (χ3v) is 4.81. The van der Waals surface area contributed by atoms with Crippen LogP contribution in [-0.2, 0) is 11.3 Å². The lowest BCUT2D eigenvalue weighted by Gasteiger charge is -1.99. The maximum absolute atomic E-state index is 12.0. The number of hydrogen-bond donors (Lipinski definition) is 1. The van der Waals surface area contributed by atoms with Crippen LogP contribution >= 0.6 is 11.3 Å². The van der Waals surface area contributed by atoms with E-state index >= 15 is 0 Å². The Kier molecular flexibility index (Phi) is 4.23. The van der Waals surface area contributed by atoms with Crippen LogP contribution in [0, 0.1) is 0 Å². The molecule has 0 aliphatic heterocycles. The maximum atomic E-state index is 12.0. The summed E-state index contributed by atoms with van der Waals surface area (Å²) in [5.74, 6) is -0.158. The molecule has 0 unspecified atom stereocenters. The summed E-state index contributed by atoms with van der Waals surface area (Å²) in [6.45, 7) is 0.424. The monoisotopic (exact) mass is 345 g/mol. The highest BCUT2D eigenvalue weighted by Crippen LogP contribution is 2.21. The SMILES string of the molecule is O=C(C=Cc1ccc2ccccc2n1)NCc1nc2ccccc2s1. The Morgan fingerprint density at radius 2 is 1.76 bits per heavy atom. The van der Waals surface area contributed by atoms with Gasteiger partial charge in [-0.1, -0.05) is 36.4 Å². The topological polar surface area (TPSA) is 54.9 Å². The summed E-state index contributed by atoms with van der Waals surface area (Å²) in [6, 6.07) is 19.8. The van der Waals surface area contributed by atoms with Crippen LogP contribution in [0.1, 0.15) is 10.7 Å². The molecule has 1 amide bonds. The van der Waals surface area contributed by atoms with Gasteiger partial charge < -0.3 is 5.32 Å². The molecule has 4 nitrogen and oxygen atoms in total. The van der Waals surface area contributed by atoms with Gasteiger partial charge in [-0.3, -0.25) is 4.79 Å². The van der Waals surface area contributed by atoms with E-state index in [2.05, 4.69) is 15.3 Å². The van der Waals surface area contributed by atoms with Crippen LogP contribution in [0.15, 0.2) is 66.7 Å². The van der Waals surface area contributed by atoms with Crippen molar-refractivity contribution in [1.82, 2.24) is 15.3 Å². The van der Waals surface area contributed by atoms with Gasteiger partial charge in [0.05, 0.1) is 28.0 Å². The third kappa shape index (κ3) is 3.56. The number of nitrogens with one attached hydrogen (secondary N) is 1. The van der Waals surface area contributed by atoms with Gasteiger partial charge in [0.15, 0.2) is 0 Å². The third-order valence-electron chi connectivity index (χ3n) is 3.78. The number of carbonyl (C=O) groups excluding carboxylic acids is 1. The van der Waals surface area contributed by atoms with E-state index < -0.39 is 0 Å². The van der Waals surface area contributed by atoms with Crippen LogP contribution in [0.5, 0.6) is 0 Å². The van der Waals surface area contributed by atoms with E-state index in [0.717, 1.165) is 31.8 Å². The van der Waals surface area contributed by atoms with Crippen LogP contribution < -0.4 is 5.32 Å². The van der Waals surface area contributed by atoms with Gasteiger partial charge in [0.25, 0.3) is 0 Å².